The maximum Gasteiger partial charge on any atom is 0.309 e. The predicted molar refractivity (Wildman–Crippen MR) is 133 cm³/mol. The summed E-state index contributed by atoms with van der Waals surface area (Å²) < 4.78 is 0. The van der Waals surface area contributed by atoms with E-state index in [1.807, 2.05) is 0 Å². The normalized spacial score (nSPS) is 55.0. The van der Waals surface area contributed by atoms with Gasteiger partial charge in [0.15, 0.2) is 0 Å². The van der Waals surface area contributed by atoms with Gasteiger partial charge in [0.2, 0.25) is 0 Å². The Kier molecular flexibility index (Phi) is 5.15. The molecule has 5 saturated carbocycles. The first-order chi connectivity index (χ1) is 15.3. The van der Waals surface area contributed by atoms with E-state index in [9.17, 15) is 15.0 Å². The number of rotatable bonds is 2. The van der Waals surface area contributed by atoms with Crippen molar-refractivity contribution in [3.05, 3.63) is 12.2 Å². The molecular weight excluding hydrogens is 408 g/mol. The lowest BCUT2D eigenvalue weighted by atomic mass is 9.32. The SMILES string of the molecule is C=C(C)[C@@H]1CC[C@]2(C(=O)O)CC[C@]3(C)[C@H](CC[C@H]4[C@@]5(C)CC[C@@H](O)C(C)(C)[C@@H]5CC[C@]43C)[C@@H]12. The lowest BCUT2D eigenvalue weighted by molar-refractivity contribution is -0.248. The van der Waals surface area contributed by atoms with E-state index in [4.69, 9.17) is 0 Å². The van der Waals surface area contributed by atoms with Crippen LogP contribution in [-0.2, 0) is 4.79 Å². The van der Waals surface area contributed by atoms with Crippen molar-refractivity contribution in [2.45, 2.75) is 112 Å². The molecule has 0 saturated heterocycles. The van der Waals surface area contributed by atoms with E-state index in [-0.39, 0.29) is 33.7 Å². The van der Waals surface area contributed by atoms with E-state index in [0.717, 1.165) is 38.5 Å². The second kappa shape index (κ2) is 7.11. The molecule has 0 aromatic heterocycles. The fourth-order valence-corrected chi connectivity index (χ4v) is 11.5. The van der Waals surface area contributed by atoms with Crippen molar-refractivity contribution in [1.82, 2.24) is 0 Å². The molecule has 0 bridgehead atoms. The summed E-state index contributed by atoms with van der Waals surface area (Å²) in [6.07, 6.45) is 10.5. The molecule has 5 aliphatic carbocycles. The summed E-state index contributed by atoms with van der Waals surface area (Å²) in [5, 5.41) is 21.4. The number of carboxylic acids is 1. The molecule has 3 nitrogen and oxygen atoms in total. The Labute approximate surface area is 201 Å². The van der Waals surface area contributed by atoms with Gasteiger partial charge in [0.25, 0.3) is 0 Å². The maximum absolute atomic E-state index is 12.8. The van der Waals surface area contributed by atoms with Gasteiger partial charge in [0.05, 0.1) is 11.5 Å². The molecule has 0 aromatic carbocycles. The molecule has 5 fully saturated rings. The summed E-state index contributed by atoms with van der Waals surface area (Å²) in [6, 6.07) is 0. The highest BCUT2D eigenvalue weighted by molar-refractivity contribution is 5.76. The third-order valence-electron chi connectivity index (χ3n) is 13.5. The van der Waals surface area contributed by atoms with E-state index in [1.54, 1.807) is 0 Å². The van der Waals surface area contributed by atoms with Crippen LogP contribution in [0.4, 0.5) is 0 Å². The monoisotopic (exact) mass is 456 g/mol. The van der Waals surface area contributed by atoms with Crippen molar-refractivity contribution in [2.24, 2.45) is 56.7 Å². The van der Waals surface area contributed by atoms with Gasteiger partial charge in [-0.05, 0) is 122 Å². The van der Waals surface area contributed by atoms with Crippen LogP contribution in [0, 0.1) is 56.7 Å². The molecule has 10 atom stereocenters. The Morgan fingerprint density at radius 2 is 1.52 bits per heavy atom. The van der Waals surface area contributed by atoms with Crippen LogP contribution in [0.5, 0.6) is 0 Å². The van der Waals surface area contributed by atoms with Gasteiger partial charge in [0.1, 0.15) is 0 Å². The first-order valence-corrected chi connectivity index (χ1v) is 13.8. The topological polar surface area (TPSA) is 57.5 Å². The molecule has 33 heavy (non-hydrogen) atoms. The molecule has 5 aliphatic rings. The maximum atomic E-state index is 12.8. The van der Waals surface area contributed by atoms with Crippen LogP contribution in [0.25, 0.3) is 0 Å². The molecule has 0 spiro atoms. The fourth-order valence-electron chi connectivity index (χ4n) is 11.5. The van der Waals surface area contributed by atoms with Crippen molar-refractivity contribution in [2.75, 3.05) is 0 Å². The highest BCUT2D eigenvalue weighted by atomic mass is 16.4. The number of allylic oxidation sites excluding steroid dienone is 1. The first kappa shape index (κ1) is 23.9. The molecule has 0 amide bonds. The number of hydrogen-bond acceptors (Lipinski definition) is 2. The van der Waals surface area contributed by atoms with Crippen LogP contribution < -0.4 is 0 Å². The van der Waals surface area contributed by atoms with Crippen LogP contribution in [0.2, 0.25) is 0 Å². The highest BCUT2D eigenvalue weighted by Gasteiger charge is 2.71. The largest absolute Gasteiger partial charge is 0.481 e. The highest BCUT2D eigenvalue weighted by Crippen LogP contribution is 2.77. The van der Waals surface area contributed by atoms with Crippen LogP contribution in [0.3, 0.4) is 0 Å². The second-order valence-electron chi connectivity index (χ2n) is 14.5. The predicted octanol–water partition coefficient (Wildman–Crippen LogP) is 7.09. The molecule has 3 heteroatoms. The zero-order chi connectivity index (χ0) is 24.2. The van der Waals surface area contributed by atoms with Gasteiger partial charge in [-0.25, -0.2) is 0 Å². The van der Waals surface area contributed by atoms with Gasteiger partial charge in [0, 0.05) is 0 Å². The van der Waals surface area contributed by atoms with Gasteiger partial charge < -0.3 is 10.2 Å². The van der Waals surface area contributed by atoms with Crippen molar-refractivity contribution in [3.63, 3.8) is 0 Å². The molecule has 0 aliphatic heterocycles. The number of fused-ring (bicyclic) bond motifs is 7. The van der Waals surface area contributed by atoms with E-state index in [1.165, 1.54) is 31.3 Å². The molecule has 0 heterocycles. The molecule has 186 valence electrons. The molecular formula is C30H48O3. The van der Waals surface area contributed by atoms with E-state index < -0.39 is 11.4 Å². The van der Waals surface area contributed by atoms with E-state index >= 15 is 0 Å². The van der Waals surface area contributed by atoms with E-state index in [0.29, 0.717) is 23.7 Å². The number of aliphatic carboxylic acids is 1. The number of aliphatic hydroxyl groups excluding tert-OH is 1. The summed E-state index contributed by atoms with van der Waals surface area (Å²) >= 11 is 0. The summed E-state index contributed by atoms with van der Waals surface area (Å²) in [5.74, 6) is 1.79. The molecule has 2 N–H and O–H groups in total. The van der Waals surface area contributed by atoms with Gasteiger partial charge in [-0.3, -0.25) is 4.79 Å². The lowest BCUT2D eigenvalue weighted by Crippen LogP contribution is -2.67. The zero-order valence-electron chi connectivity index (χ0n) is 22.0. The van der Waals surface area contributed by atoms with Crippen molar-refractivity contribution < 1.29 is 15.0 Å². The minimum atomic E-state index is -0.538. The molecule has 5 rings (SSSR count). The Balaban J connectivity index is 1.57. The van der Waals surface area contributed by atoms with Crippen LogP contribution in [0.15, 0.2) is 12.2 Å². The summed E-state index contributed by atoms with van der Waals surface area (Å²) in [5.41, 5.74) is 1.35. The fraction of sp³-hybridized carbons (Fsp3) is 0.900. The third-order valence-corrected chi connectivity index (χ3v) is 13.5. The van der Waals surface area contributed by atoms with Gasteiger partial charge in [-0.15, -0.1) is 0 Å². The summed E-state index contributed by atoms with van der Waals surface area (Å²) in [4.78, 5) is 12.8. The van der Waals surface area contributed by atoms with Crippen LogP contribution in [0.1, 0.15) is 106 Å². The second-order valence-corrected chi connectivity index (χ2v) is 14.5. The van der Waals surface area contributed by atoms with Gasteiger partial charge >= 0.3 is 5.97 Å². The number of carboxylic acid groups (broad SMARTS) is 1. The number of aliphatic hydroxyl groups is 1. The Hall–Kier alpha value is -0.830. The Bertz CT molecular complexity index is 861. The minimum absolute atomic E-state index is 0.0202. The average molecular weight is 457 g/mol. The zero-order valence-corrected chi connectivity index (χ0v) is 22.0. The standard InChI is InChI=1S/C30H48O3/c1-18(2)19-10-15-30(25(32)33)17-16-28(6)20(24(19)30)8-9-22-27(5)13-12-23(31)26(3,4)21(27)11-14-29(22,28)7/h19-24,31H,1,8-17H2,2-7H3,(H,32,33)/t19-,20+,21-,22-,23+,24+,27-,28+,29+,30-/m0/s1. The Morgan fingerprint density at radius 1 is 0.818 bits per heavy atom. The summed E-state index contributed by atoms with van der Waals surface area (Å²) in [7, 11) is 0. The first-order valence-electron chi connectivity index (χ1n) is 13.8. The van der Waals surface area contributed by atoms with Crippen molar-refractivity contribution >= 4 is 5.97 Å². The molecule has 0 aromatic rings. The smallest absolute Gasteiger partial charge is 0.309 e. The van der Waals surface area contributed by atoms with Crippen LogP contribution in [-0.4, -0.2) is 22.3 Å². The van der Waals surface area contributed by atoms with Crippen molar-refractivity contribution in [1.29, 1.82) is 0 Å². The van der Waals surface area contributed by atoms with Crippen LogP contribution >= 0.6 is 0 Å². The molecule has 0 radical (unpaired) electrons. The lowest BCUT2D eigenvalue weighted by Gasteiger charge is -2.72. The quantitative estimate of drug-likeness (QED) is 0.436. The Morgan fingerprint density at radius 3 is 2.15 bits per heavy atom. The third kappa shape index (κ3) is 2.75. The van der Waals surface area contributed by atoms with Crippen molar-refractivity contribution in [3.8, 4) is 0 Å². The average Bonchev–Trinajstić information content (AvgIpc) is 3.13. The minimum Gasteiger partial charge on any atom is -0.481 e. The molecule has 0 unspecified atom stereocenters. The summed E-state index contributed by atoms with van der Waals surface area (Å²) in [6.45, 7) is 18.8. The van der Waals surface area contributed by atoms with E-state index in [2.05, 4.69) is 48.1 Å². The number of hydrogen-bond donors (Lipinski definition) is 2. The van der Waals surface area contributed by atoms with Gasteiger partial charge in [-0.2, -0.15) is 0 Å². The number of carbonyl (C=O) groups is 1. The van der Waals surface area contributed by atoms with Gasteiger partial charge in [-0.1, -0.05) is 46.8 Å².